The summed E-state index contributed by atoms with van der Waals surface area (Å²) >= 11 is 3.56. The molecule has 0 fully saturated rings. The van der Waals surface area contributed by atoms with E-state index in [0.717, 1.165) is 35.0 Å². The highest BCUT2D eigenvalue weighted by molar-refractivity contribution is 9.10. The molecular formula is C19H23BrFNO3. The lowest BCUT2D eigenvalue weighted by Crippen LogP contribution is -2.16. The number of unbranched alkanes of at least 4 members (excludes halogenated alkanes) is 1. The smallest absolute Gasteiger partial charge is 0.167 e. The number of ether oxygens (including phenoxy) is 2. The summed E-state index contributed by atoms with van der Waals surface area (Å²) in [6.07, 6.45) is 1.68. The highest BCUT2D eigenvalue weighted by Crippen LogP contribution is 2.36. The van der Waals surface area contributed by atoms with Gasteiger partial charge in [-0.05, 0) is 49.2 Å². The summed E-state index contributed by atoms with van der Waals surface area (Å²) < 4.78 is 25.4. The van der Waals surface area contributed by atoms with Gasteiger partial charge in [0.2, 0.25) is 0 Å². The van der Waals surface area contributed by atoms with Gasteiger partial charge in [0.15, 0.2) is 11.5 Å². The van der Waals surface area contributed by atoms with E-state index in [1.165, 1.54) is 12.1 Å². The molecule has 0 aliphatic rings. The van der Waals surface area contributed by atoms with E-state index in [0.29, 0.717) is 24.7 Å². The Kier molecular flexibility index (Phi) is 8.18. The van der Waals surface area contributed by atoms with E-state index in [-0.39, 0.29) is 12.4 Å². The summed E-state index contributed by atoms with van der Waals surface area (Å²) in [6, 6.07) is 10.0. The fourth-order valence-corrected chi connectivity index (χ4v) is 2.83. The molecule has 2 aromatic rings. The minimum absolute atomic E-state index is 0.205. The SMILES string of the molecule is COc1ccc(Br)c(CNCCCCO)c1OCc1ccc(F)cc1. The monoisotopic (exact) mass is 411 g/mol. The first-order valence-electron chi connectivity index (χ1n) is 8.20. The zero-order valence-electron chi connectivity index (χ0n) is 14.2. The summed E-state index contributed by atoms with van der Waals surface area (Å²) in [5, 5.41) is 12.2. The van der Waals surface area contributed by atoms with E-state index >= 15 is 0 Å². The Balaban J connectivity index is 2.10. The van der Waals surface area contributed by atoms with Crippen LogP contribution in [0.15, 0.2) is 40.9 Å². The van der Waals surface area contributed by atoms with Crippen molar-refractivity contribution < 1.29 is 19.0 Å². The maximum Gasteiger partial charge on any atom is 0.167 e. The predicted molar refractivity (Wildman–Crippen MR) is 99.5 cm³/mol. The van der Waals surface area contributed by atoms with Gasteiger partial charge in [-0.1, -0.05) is 28.1 Å². The fraction of sp³-hybridized carbons (Fsp3) is 0.368. The van der Waals surface area contributed by atoms with Crippen molar-refractivity contribution in [3.8, 4) is 11.5 Å². The minimum atomic E-state index is -0.267. The van der Waals surface area contributed by atoms with E-state index in [2.05, 4.69) is 21.2 Å². The Morgan fingerprint density at radius 1 is 1.12 bits per heavy atom. The molecule has 25 heavy (non-hydrogen) atoms. The van der Waals surface area contributed by atoms with Crippen molar-refractivity contribution >= 4 is 15.9 Å². The van der Waals surface area contributed by atoms with Crippen LogP contribution in [0.4, 0.5) is 4.39 Å². The first-order valence-corrected chi connectivity index (χ1v) is 8.99. The highest BCUT2D eigenvalue weighted by atomic mass is 79.9. The van der Waals surface area contributed by atoms with Gasteiger partial charge in [-0.3, -0.25) is 0 Å². The molecule has 0 radical (unpaired) electrons. The maximum atomic E-state index is 13.0. The third-order valence-electron chi connectivity index (χ3n) is 3.75. The molecule has 0 aliphatic carbocycles. The number of rotatable bonds is 10. The van der Waals surface area contributed by atoms with E-state index < -0.39 is 0 Å². The second kappa shape index (κ2) is 10.4. The molecule has 0 amide bonds. The third kappa shape index (κ3) is 5.99. The second-order valence-corrected chi connectivity index (χ2v) is 6.43. The zero-order chi connectivity index (χ0) is 18.1. The summed E-state index contributed by atoms with van der Waals surface area (Å²) in [7, 11) is 1.60. The average molecular weight is 412 g/mol. The fourth-order valence-electron chi connectivity index (χ4n) is 2.38. The number of nitrogens with one attached hydrogen (secondary N) is 1. The van der Waals surface area contributed by atoms with Gasteiger partial charge in [0, 0.05) is 23.2 Å². The average Bonchev–Trinajstić information content (AvgIpc) is 2.62. The molecule has 0 unspecified atom stereocenters. The molecular weight excluding hydrogens is 389 g/mol. The van der Waals surface area contributed by atoms with Gasteiger partial charge in [0.1, 0.15) is 12.4 Å². The molecule has 136 valence electrons. The largest absolute Gasteiger partial charge is 0.493 e. The van der Waals surface area contributed by atoms with Gasteiger partial charge in [-0.15, -0.1) is 0 Å². The van der Waals surface area contributed by atoms with E-state index in [1.807, 2.05) is 12.1 Å². The number of aliphatic hydroxyl groups excluding tert-OH is 1. The van der Waals surface area contributed by atoms with Crippen molar-refractivity contribution in [2.24, 2.45) is 0 Å². The maximum absolute atomic E-state index is 13.0. The minimum Gasteiger partial charge on any atom is -0.493 e. The quantitative estimate of drug-likeness (QED) is 0.579. The number of hydrogen-bond acceptors (Lipinski definition) is 4. The first kappa shape index (κ1) is 19.7. The molecule has 0 aliphatic heterocycles. The highest BCUT2D eigenvalue weighted by Gasteiger charge is 2.14. The van der Waals surface area contributed by atoms with Gasteiger partial charge in [0.05, 0.1) is 7.11 Å². The van der Waals surface area contributed by atoms with Crippen molar-refractivity contribution in [1.82, 2.24) is 5.32 Å². The van der Waals surface area contributed by atoms with Gasteiger partial charge in [-0.25, -0.2) is 4.39 Å². The molecule has 2 N–H and O–H groups in total. The van der Waals surface area contributed by atoms with Crippen molar-refractivity contribution in [1.29, 1.82) is 0 Å². The van der Waals surface area contributed by atoms with Gasteiger partial charge in [0.25, 0.3) is 0 Å². The summed E-state index contributed by atoms with van der Waals surface area (Å²) in [5.74, 6) is 1.05. The molecule has 0 heterocycles. The molecule has 0 spiro atoms. The molecule has 2 rings (SSSR count). The topological polar surface area (TPSA) is 50.7 Å². The number of aliphatic hydroxyl groups is 1. The lowest BCUT2D eigenvalue weighted by atomic mass is 10.1. The van der Waals surface area contributed by atoms with Crippen LogP contribution in [0.2, 0.25) is 0 Å². The summed E-state index contributed by atoms with van der Waals surface area (Å²) in [6.45, 7) is 1.95. The van der Waals surface area contributed by atoms with Crippen LogP contribution in [0.3, 0.4) is 0 Å². The standard InChI is InChI=1S/C19H23BrFNO3/c1-24-18-9-8-17(20)16(12-22-10-2-3-11-23)19(18)25-13-14-4-6-15(21)7-5-14/h4-9,22-23H,2-3,10-13H2,1H3. The lowest BCUT2D eigenvalue weighted by Gasteiger charge is -2.17. The molecule has 6 heteroatoms. The second-order valence-electron chi connectivity index (χ2n) is 5.58. The van der Waals surface area contributed by atoms with Crippen LogP contribution in [0.5, 0.6) is 11.5 Å². The zero-order valence-corrected chi connectivity index (χ0v) is 15.8. The number of halogens is 2. The molecule has 2 aromatic carbocycles. The Labute approximate surface area is 156 Å². The van der Waals surface area contributed by atoms with Crippen molar-refractivity contribution in [3.63, 3.8) is 0 Å². The normalized spacial score (nSPS) is 10.7. The Morgan fingerprint density at radius 3 is 2.56 bits per heavy atom. The van der Waals surface area contributed by atoms with Crippen LogP contribution in [0.25, 0.3) is 0 Å². The van der Waals surface area contributed by atoms with Crippen LogP contribution in [0.1, 0.15) is 24.0 Å². The molecule has 0 bridgehead atoms. The van der Waals surface area contributed by atoms with E-state index in [9.17, 15) is 4.39 Å². The van der Waals surface area contributed by atoms with Gasteiger partial charge < -0.3 is 19.9 Å². The van der Waals surface area contributed by atoms with E-state index in [4.69, 9.17) is 14.6 Å². The van der Waals surface area contributed by atoms with Gasteiger partial charge >= 0.3 is 0 Å². The van der Waals surface area contributed by atoms with Gasteiger partial charge in [-0.2, -0.15) is 0 Å². The van der Waals surface area contributed by atoms with Crippen molar-refractivity contribution in [3.05, 3.63) is 57.8 Å². The molecule has 0 saturated heterocycles. The Hall–Kier alpha value is -1.63. The number of hydrogen-bond donors (Lipinski definition) is 2. The van der Waals surface area contributed by atoms with Crippen LogP contribution in [-0.4, -0.2) is 25.4 Å². The van der Waals surface area contributed by atoms with Crippen LogP contribution in [-0.2, 0) is 13.2 Å². The molecule has 4 nitrogen and oxygen atoms in total. The summed E-state index contributed by atoms with van der Waals surface area (Å²) in [5.41, 5.74) is 1.84. The Bertz CT molecular complexity index is 664. The lowest BCUT2D eigenvalue weighted by molar-refractivity contribution is 0.278. The predicted octanol–water partition coefficient (Wildman–Crippen LogP) is 4.04. The van der Waals surface area contributed by atoms with Crippen LogP contribution < -0.4 is 14.8 Å². The Morgan fingerprint density at radius 2 is 1.88 bits per heavy atom. The van der Waals surface area contributed by atoms with Crippen LogP contribution in [0, 0.1) is 5.82 Å². The number of methoxy groups -OCH3 is 1. The third-order valence-corrected chi connectivity index (χ3v) is 4.49. The summed E-state index contributed by atoms with van der Waals surface area (Å²) in [4.78, 5) is 0. The molecule has 0 saturated carbocycles. The van der Waals surface area contributed by atoms with Crippen molar-refractivity contribution in [2.75, 3.05) is 20.3 Å². The van der Waals surface area contributed by atoms with Crippen molar-refractivity contribution in [2.45, 2.75) is 26.0 Å². The first-order chi connectivity index (χ1) is 12.2. The molecule has 0 atom stereocenters. The number of benzene rings is 2. The van der Waals surface area contributed by atoms with E-state index in [1.54, 1.807) is 19.2 Å². The van der Waals surface area contributed by atoms with Crippen LogP contribution >= 0.6 is 15.9 Å². The molecule has 0 aromatic heterocycles.